The average molecular weight is 397 g/mol. The van der Waals surface area contributed by atoms with E-state index in [1.54, 1.807) is 19.4 Å². The second-order valence-corrected chi connectivity index (χ2v) is 7.43. The number of likely N-dealkylation sites (N-methyl/N-ethyl adjacent to an activating group) is 1. The van der Waals surface area contributed by atoms with E-state index >= 15 is 0 Å². The minimum atomic E-state index is -0.718. The van der Waals surface area contributed by atoms with Crippen LogP contribution in [0.25, 0.3) is 0 Å². The zero-order valence-electron chi connectivity index (χ0n) is 17.0. The molecule has 1 aromatic heterocycles. The number of carbonyl (C=O) groups is 2. The molecule has 154 valence electrons. The summed E-state index contributed by atoms with van der Waals surface area (Å²) in [6.07, 6.45) is 4.10. The second-order valence-electron chi connectivity index (χ2n) is 7.43. The van der Waals surface area contributed by atoms with E-state index in [1.807, 2.05) is 56.3 Å². The van der Waals surface area contributed by atoms with Gasteiger partial charge in [-0.2, -0.15) is 5.06 Å². The van der Waals surface area contributed by atoms with Crippen LogP contribution in [0.3, 0.4) is 0 Å². The quantitative estimate of drug-likeness (QED) is 0.697. The van der Waals surface area contributed by atoms with Crippen molar-refractivity contribution in [2.75, 3.05) is 13.7 Å². The first-order valence-corrected chi connectivity index (χ1v) is 9.78. The summed E-state index contributed by atoms with van der Waals surface area (Å²) in [6.45, 7) is 4.39. The fourth-order valence-corrected chi connectivity index (χ4v) is 3.50. The Morgan fingerprint density at radius 2 is 2.00 bits per heavy atom. The number of carbonyl (C=O) groups excluding carboxylic acids is 2. The van der Waals surface area contributed by atoms with Gasteiger partial charge in [0.2, 0.25) is 0 Å². The van der Waals surface area contributed by atoms with E-state index in [2.05, 4.69) is 4.98 Å². The summed E-state index contributed by atoms with van der Waals surface area (Å²) in [5.74, 6) is -0.552. The van der Waals surface area contributed by atoms with E-state index in [9.17, 15) is 9.59 Å². The van der Waals surface area contributed by atoms with Crippen LogP contribution >= 0.6 is 0 Å². The molecule has 1 aliphatic rings. The first-order valence-electron chi connectivity index (χ1n) is 9.78. The van der Waals surface area contributed by atoms with Crippen LogP contribution in [-0.2, 0) is 21.0 Å². The molecule has 7 heteroatoms. The fourth-order valence-electron chi connectivity index (χ4n) is 3.50. The van der Waals surface area contributed by atoms with E-state index < -0.39 is 12.0 Å². The van der Waals surface area contributed by atoms with E-state index in [4.69, 9.17) is 9.57 Å². The lowest BCUT2D eigenvalue weighted by molar-refractivity contribution is -0.153. The fraction of sp³-hybridized carbons (Fsp3) is 0.409. The van der Waals surface area contributed by atoms with Gasteiger partial charge in [-0.25, -0.2) is 9.59 Å². The second kappa shape index (κ2) is 9.52. The lowest BCUT2D eigenvalue weighted by Crippen LogP contribution is -2.51. The van der Waals surface area contributed by atoms with Crippen molar-refractivity contribution in [3.8, 4) is 0 Å². The third-order valence-electron chi connectivity index (χ3n) is 4.98. The molecule has 3 rings (SSSR count). The van der Waals surface area contributed by atoms with Crippen molar-refractivity contribution in [1.82, 2.24) is 14.9 Å². The van der Waals surface area contributed by atoms with Crippen LogP contribution in [0.1, 0.15) is 37.4 Å². The summed E-state index contributed by atoms with van der Waals surface area (Å²) in [4.78, 5) is 37.1. The van der Waals surface area contributed by atoms with Gasteiger partial charge in [0.05, 0.1) is 12.6 Å². The van der Waals surface area contributed by atoms with Gasteiger partial charge in [-0.15, -0.1) is 0 Å². The Bertz CT molecular complexity index is 813. The molecule has 0 N–H and O–H groups in total. The molecule has 2 amide bonds. The number of hydrogen-bond donors (Lipinski definition) is 0. The normalized spacial score (nSPS) is 17.2. The highest BCUT2D eigenvalue weighted by Gasteiger charge is 2.39. The topological polar surface area (TPSA) is 72.0 Å². The van der Waals surface area contributed by atoms with E-state index in [1.165, 1.54) is 9.96 Å². The number of amides is 2. The Balaban J connectivity index is 1.70. The van der Waals surface area contributed by atoms with Gasteiger partial charge in [0.25, 0.3) is 0 Å². The lowest BCUT2D eigenvalue weighted by atomic mass is 10.0. The number of aromatic nitrogens is 1. The number of ether oxygens (including phenoxy) is 1. The minimum Gasteiger partial charge on any atom is -0.459 e. The van der Waals surface area contributed by atoms with Gasteiger partial charge in [-0.05, 0) is 23.1 Å². The zero-order chi connectivity index (χ0) is 20.8. The van der Waals surface area contributed by atoms with Crippen LogP contribution in [0, 0.1) is 5.92 Å². The van der Waals surface area contributed by atoms with Gasteiger partial charge in [0.1, 0.15) is 12.6 Å². The molecule has 0 spiro atoms. The molecule has 2 heterocycles. The van der Waals surface area contributed by atoms with Gasteiger partial charge in [0, 0.05) is 25.9 Å². The SMILES string of the molecule is CC(C)[C@@H](C(=O)OCc1ccccc1)N(C)C(=O)N1OCC[C@@H]1c1cccnc1. The van der Waals surface area contributed by atoms with Crippen LogP contribution in [0.15, 0.2) is 54.9 Å². The summed E-state index contributed by atoms with van der Waals surface area (Å²) in [5, 5.41) is 1.34. The summed E-state index contributed by atoms with van der Waals surface area (Å²) < 4.78 is 5.49. The molecular formula is C22H27N3O4. The summed E-state index contributed by atoms with van der Waals surface area (Å²) in [6, 6.07) is 11.9. The molecule has 7 nitrogen and oxygen atoms in total. The third-order valence-corrected chi connectivity index (χ3v) is 4.98. The average Bonchev–Trinajstić information content (AvgIpc) is 3.22. The Labute approximate surface area is 171 Å². The molecule has 1 fully saturated rings. The van der Waals surface area contributed by atoms with Crippen molar-refractivity contribution in [2.45, 2.75) is 39.0 Å². The summed E-state index contributed by atoms with van der Waals surface area (Å²) in [7, 11) is 1.61. The Kier molecular flexibility index (Phi) is 6.82. The molecule has 29 heavy (non-hydrogen) atoms. The first-order chi connectivity index (χ1) is 14.0. The Hall–Kier alpha value is -2.93. The number of hydrogen-bond acceptors (Lipinski definition) is 5. The molecule has 1 aliphatic heterocycles. The third kappa shape index (κ3) is 4.92. The highest BCUT2D eigenvalue weighted by atomic mass is 16.7. The summed E-state index contributed by atoms with van der Waals surface area (Å²) >= 11 is 0. The van der Waals surface area contributed by atoms with Crippen LogP contribution in [-0.4, -0.2) is 46.6 Å². The standard InChI is InChI=1S/C22H27N3O4/c1-16(2)20(21(26)28-15-17-8-5-4-6-9-17)24(3)22(27)25-19(11-13-29-25)18-10-7-12-23-14-18/h4-10,12,14,16,19-20H,11,13,15H2,1-3H3/t19-,20+/m1/s1. The van der Waals surface area contributed by atoms with E-state index in [0.717, 1.165) is 11.1 Å². The van der Waals surface area contributed by atoms with Crippen molar-refractivity contribution in [3.05, 3.63) is 66.0 Å². The summed E-state index contributed by atoms with van der Waals surface area (Å²) in [5.41, 5.74) is 1.80. The maximum atomic E-state index is 13.2. The Morgan fingerprint density at radius 1 is 1.24 bits per heavy atom. The van der Waals surface area contributed by atoms with Crippen molar-refractivity contribution in [2.24, 2.45) is 5.92 Å². The molecule has 2 aromatic rings. The maximum absolute atomic E-state index is 13.2. The number of esters is 1. The number of rotatable bonds is 6. The molecule has 2 atom stereocenters. The molecule has 0 bridgehead atoms. The van der Waals surface area contributed by atoms with Gasteiger partial charge >= 0.3 is 12.0 Å². The van der Waals surface area contributed by atoms with Crippen molar-refractivity contribution >= 4 is 12.0 Å². The Morgan fingerprint density at radius 3 is 2.66 bits per heavy atom. The van der Waals surface area contributed by atoms with Crippen LogP contribution < -0.4 is 0 Å². The van der Waals surface area contributed by atoms with Gasteiger partial charge < -0.3 is 9.64 Å². The number of nitrogens with zero attached hydrogens (tertiary/aromatic N) is 3. The van der Waals surface area contributed by atoms with Crippen LogP contribution in [0.5, 0.6) is 0 Å². The predicted octanol–water partition coefficient (Wildman–Crippen LogP) is 3.58. The lowest BCUT2D eigenvalue weighted by Gasteiger charge is -2.33. The minimum absolute atomic E-state index is 0.119. The predicted molar refractivity (Wildman–Crippen MR) is 107 cm³/mol. The number of hydroxylamine groups is 2. The van der Waals surface area contributed by atoms with Gasteiger partial charge in [-0.1, -0.05) is 50.2 Å². The number of urea groups is 1. The number of pyridine rings is 1. The number of benzene rings is 1. The molecular weight excluding hydrogens is 370 g/mol. The first kappa shape index (κ1) is 20.8. The monoisotopic (exact) mass is 397 g/mol. The van der Waals surface area contributed by atoms with E-state index in [0.29, 0.717) is 13.0 Å². The molecule has 0 saturated carbocycles. The van der Waals surface area contributed by atoms with Crippen molar-refractivity contribution < 1.29 is 19.2 Å². The molecule has 0 aliphatic carbocycles. The van der Waals surface area contributed by atoms with Crippen molar-refractivity contribution in [3.63, 3.8) is 0 Å². The van der Waals surface area contributed by atoms with Crippen LogP contribution in [0.2, 0.25) is 0 Å². The van der Waals surface area contributed by atoms with Gasteiger partial charge in [-0.3, -0.25) is 9.82 Å². The smallest absolute Gasteiger partial charge is 0.345 e. The molecule has 0 radical (unpaired) electrons. The van der Waals surface area contributed by atoms with Crippen molar-refractivity contribution in [1.29, 1.82) is 0 Å². The van der Waals surface area contributed by atoms with Gasteiger partial charge in [0.15, 0.2) is 0 Å². The molecule has 0 unspecified atom stereocenters. The zero-order valence-corrected chi connectivity index (χ0v) is 17.0. The highest BCUT2D eigenvalue weighted by molar-refractivity contribution is 5.83. The molecule has 1 aromatic carbocycles. The maximum Gasteiger partial charge on any atom is 0.345 e. The highest BCUT2D eigenvalue weighted by Crippen LogP contribution is 2.31. The van der Waals surface area contributed by atoms with Crippen LogP contribution in [0.4, 0.5) is 4.79 Å². The van der Waals surface area contributed by atoms with E-state index in [-0.39, 0.29) is 24.6 Å². The molecule has 1 saturated heterocycles. The largest absolute Gasteiger partial charge is 0.459 e.